The Kier molecular flexibility index (Phi) is 6.51. The number of nitrogens with one attached hydrogen (secondary N) is 2. The van der Waals surface area contributed by atoms with Crippen LogP contribution in [0.2, 0.25) is 0 Å². The van der Waals surface area contributed by atoms with Crippen molar-refractivity contribution in [3.05, 3.63) is 54.1 Å². The number of rotatable bonds is 8. The Labute approximate surface area is 138 Å². The van der Waals surface area contributed by atoms with Crippen molar-refractivity contribution in [3.8, 4) is 11.5 Å². The van der Waals surface area contributed by atoms with Gasteiger partial charge < -0.3 is 20.1 Å². The second kappa shape index (κ2) is 8.83. The van der Waals surface area contributed by atoms with Crippen LogP contribution >= 0.6 is 0 Å². The van der Waals surface area contributed by atoms with E-state index in [1.807, 2.05) is 0 Å². The minimum absolute atomic E-state index is 0.0327. The van der Waals surface area contributed by atoms with Crippen LogP contribution in [0.5, 0.6) is 11.5 Å². The van der Waals surface area contributed by atoms with Gasteiger partial charge in [-0.3, -0.25) is 4.79 Å². The summed E-state index contributed by atoms with van der Waals surface area (Å²) in [5.41, 5.74) is 0.204. The summed E-state index contributed by atoms with van der Waals surface area (Å²) in [7, 11) is 1.59. The first-order valence-electron chi connectivity index (χ1n) is 7.31. The molecule has 0 unspecified atom stereocenters. The first-order chi connectivity index (χ1) is 11.6. The lowest BCUT2D eigenvalue weighted by Crippen LogP contribution is -2.31. The Morgan fingerprint density at radius 1 is 1.04 bits per heavy atom. The molecule has 2 rings (SSSR count). The zero-order chi connectivity index (χ0) is 17.4. The lowest BCUT2D eigenvalue weighted by atomic mass is 10.3. The SMILES string of the molecule is COc1ccc(OCCNCC(=O)Nc2ccc(F)c(F)c2)cc1. The molecule has 5 nitrogen and oxygen atoms in total. The number of carbonyl (C=O) groups is 1. The fourth-order valence-electron chi connectivity index (χ4n) is 1.89. The second-order valence-corrected chi connectivity index (χ2v) is 4.88. The molecule has 0 bridgehead atoms. The van der Waals surface area contributed by atoms with Crippen molar-refractivity contribution < 1.29 is 23.0 Å². The zero-order valence-corrected chi connectivity index (χ0v) is 13.1. The van der Waals surface area contributed by atoms with Gasteiger partial charge >= 0.3 is 0 Å². The van der Waals surface area contributed by atoms with Crippen LogP contribution in [-0.2, 0) is 4.79 Å². The van der Waals surface area contributed by atoms with E-state index >= 15 is 0 Å². The van der Waals surface area contributed by atoms with Crippen LogP contribution in [0.25, 0.3) is 0 Å². The molecule has 0 radical (unpaired) electrons. The van der Waals surface area contributed by atoms with Crippen molar-refractivity contribution in [3.63, 3.8) is 0 Å². The lowest BCUT2D eigenvalue weighted by molar-refractivity contribution is -0.115. The Morgan fingerprint density at radius 2 is 1.75 bits per heavy atom. The molecule has 0 aromatic heterocycles. The van der Waals surface area contributed by atoms with E-state index in [0.717, 1.165) is 17.9 Å². The maximum Gasteiger partial charge on any atom is 0.238 e. The van der Waals surface area contributed by atoms with Crippen LogP contribution < -0.4 is 20.1 Å². The Morgan fingerprint density at radius 3 is 2.42 bits per heavy atom. The second-order valence-electron chi connectivity index (χ2n) is 4.88. The third-order valence-corrected chi connectivity index (χ3v) is 3.10. The number of halogens is 2. The van der Waals surface area contributed by atoms with Crippen LogP contribution in [0, 0.1) is 11.6 Å². The normalized spacial score (nSPS) is 10.3. The third-order valence-electron chi connectivity index (χ3n) is 3.10. The van der Waals surface area contributed by atoms with Gasteiger partial charge in [0.25, 0.3) is 0 Å². The molecule has 1 amide bonds. The molecule has 7 heteroatoms. The largest absolute Gasteiger partial charge is 0.497 e. The Hall–Kier alpha value is -2.67. The first kappa shape index (κ1) is 17.7. The average Bonchev–Trinajstić information content (AvgIpc) is 2.58. The topological polar surface area (TPSA) is 59.6 Å². The zero-order valence-electron chi connectivity index (χ0n) is 13.1. The summed E-state index contributed by atoms with van der Waals surface area (Å²) >= 11 is 0. The van der Waals surface area contributed by atoms with Crippen molar-refractivity contribution in [2.45, 2.75) is 0 Å². The minimum atomic E-state index is -1.01. The van der Waals surface area contributed by atoms with Gasteiger partial charge in [-0.1, -0.05) is 0 Å². The van der Waals surface area contributed by atoms with Crippen LogP contribution in [0.1, 0.15) is 0 Å². The number of amides is 1. The molecule has 2 N–H and O–H groups in total. The van der Waals surface area contributed by atoms with Gasteiger partial charge in [-0.15, -0.1) is 0 Å². The van der Waals surface area contributed by atoms with Gasteiger partial charge in [-0.2, -0.15) is 0 Å². The van der Waals surface area contributed by atoms with E-state index in [9.17, 15) is 13.6 Å². The van der Waals surface area contributed by atoms with Crippen molar-refractivity contribution in [2.24, 2.45) is 0 Å². The summed E-state index contributed by atoms with van der Waals surface area (Å²) in [5, 5.41) is 5.36. The van der Waals surface area contributed by atoms with Crippen molar-refractivity contribution in [1.82, 2.24) is 5.32 Å². The summed E-state index contributed by atoms with van der Waals surface area (Å²) in [6.45, 7) is 0.868. The molecule has 128 valence electrons. The highest BCUT2D eigenvalue weighted by Gasteiger charge is 2.06. The van der Waals surface area contributed by atoms with E-state index in [0.29, 0.717) is 18.9 Å². The molecule has 2 aromatic carbocycles. The van der Waals surface area contributed by atoms with Gasteiger partial charge in [0.1, 0.15) is 18.1 Å². The number of hydrogen-bond donors (Lipinski definition) is 2. The number of methoxy groups -OCH3 is 1. The van der Waals surface area contributed by atoms with Crippen molar-refractivity contribution in [1.29, 1.82) is 0 Å². The molecule has 0 saturated heterocycles. The summed E-state index contributed by atoms with van der Waals surface area (Å²) in [6.07, 6.45) is 0. The van der Waals surface area contributed by atoms with Gasteiger partial charge in [-0.25, -0.2) is 8.78 Å². The minimum Gasteiger partial charge on any atom is -0.497 e. The highest BCUT2D eigenvalue weighted by Crippen LogP contribution is 2.16. The molecule has 0 aliphatic rings. The Balaban J connectivity index is 1.64. The molecule has 0 spiro atoms. The van der Waals surface area contributed by atoms with Crippen molar-refractivity contribution in [2.75, 3.05) is 32.1 Å². The quantitative estimate of drug-likeness (QED) is 0.728. The number of anilines is 1. The molecule has 0 atom stereocenters. The Bertz CT molecular complexity index is 678. The average molecular weight is 336 g/mol. The van der Waals surface area contributed by atoms with Gasteiger partial charge in [0, 0.05) is 18.3 Å². The van der Waals surface area contributed by atoms with Gasteiger partial charge in [0.05, 0.1) is 13.7 Å². The highest BCUT2D eigenvalue weighted by molar-refractivity contribution is 5.92. The molecule has 0 aliphatic heterocycles. The molecular formula is C17H18F2N2O3. The maximum absolute atomic E-state index is 13.0. The number of ether oxygens (including phenoxy) is 2. The van der Waals surface area contributed by atoms with Gasteiger partial charge in [-0.05, 0) is 36.4 Å². The summed E-state index contributed by atoms with van der Waals surface area (Å²) in [4.78, 5) is 11.7. The van der Waals surface area contributed by atoms with E-state index in [1.54, 1.807) is 31.4 Å². The number of carbonyl (C=O) groups excluding carboxylic acids is 1. The summed E-state index contributed by atoms with van der Waals surface area (Å²) in [6, 6.07) is 10.3. The van der Waals surface area contributed by atoms with Crippen LogP contribution in [-0.4, -0.2) is 32.7 Å². The predicted octanol–water partition coefficient (Wildman–Crippen LogP) is 2.58. The molecule has 0 fully saturated rings. The maximum atomic E-state index is 13.0. The summed E-state index contributed by atoms with van der Waals surface area (Å²) in [5.74, 6) is -0.876. The fraction of sp³-hybridized carbons (Fsp3) is 0.235. The number of hydrogen-bond acceptors (Lipinski definition) is 4. The van der Waals surface area contributed by atoms with Crippen LogP contribution in [0.3, 0.4) is 0 Å². The predicted molar refractivity (Wildman–Crippen MR) is 86.3 cm³/mol. The standard InChI is InChI=1S/C17H18F2N2O3/c1-23-13-3-5-14(6-4-13)24-9-8-20-11-17(22)21-12-2-7-15(18)16(19)10-12/h2-7,10,20H,8-9,11H2,1H3,(H,21,22). The summed E-state index contributed by atoms with van der Waals surface area (Å²) < 4.78 is 36.3. The van der Waals surface area contributed by atoms with Gasteiger partial charge in [0.2, 0.25) is 5.91 Å². The molecule has 0 saturated carbocycles. The first-order valence-corrected chi connectivity index (χ1v) is 7.31. The van der Waals surface area contributed by atoms with Crippen LogP contribution in [0.4, 0.5) is 14.5 Å². The lowest BCUT2D eigenvalue weighted by Gasteiger charge is -2.09. The number of benzene rings is 2. The van der Waals surface area contributed by atoms with Crippen LogP contribution in [0.15, 0.2) is 42.5 Å². The molecule has 24 heavy (non-hydrogen) atoms. The van der Waals surface area contributed by atoms with Crippen molar-refractivity contribution >= 4 is 11.6 Å². The van der Waals surface area contributed by atoms with E-state index < -0.39 is 11.6 Å². The monoisotopic (exact) mass is 336 g/mol. The molecule has 0 aliphatic carbocycles. The van der Waals surface area contributed by atoms with E-state index in [4.69, 9.17) is 9.47 Å². The fourth-order valence-corrected chi connectivity index (χ4v) is 1.89. The van der Waals surface area contributed by atoms with Gasteiger partial charge in [0.15, 0.2) is 11.6 Å². The third kappa shape index (κ3) is 5.51. The molecule has 2 aromatic rings. The van der Waals surface area contributed by atoms with E-state index in [2.05, 4.69) is 10.6 Å². The smallest absolute Gasteiger partial charge is 0.238 e. The molecular weight excluding hydrogens is 318 g/mol. The van der Waals surface area contributed by atoms with E-state index in [-0.39, 0.29) is 18.1 Å². The van der Waals surface area contributed by atoms with E-state index in [1.165, 1.54) is 6.07 Å². The highest BCUT2D eigenvalue weighted by atomic mass is 19.2. The molecule has 0 heterocycles.